The Bertz CT molecular complexity index is 715. The van der Waals surface area contributed by atoms with Crippen molar-refractivity contribution in [3.63, 3.8) is 0 Å². The topological polar surface area (TPSA) is 104 Å². The van der Waals surface area contributed by atoms with Gasteiger partial charge in [-0.05, 0) is 18.2 Å². The van der Waals surface area contributed by atoms with Crippen LogP contribution in [-0.4, -0.2) is 23.6 Å². The second-order valence-corrected chi connectivity index (χ2v) is 4.37. The van der Waals surface area contributed by atoms with Crippen molar-refractivity contribution < 1.29 is 14.3 Å². The lowest BCUT2D eigenvalue weighted by Gasteiger charge is -2.00. The van der Waals surface area contributed by atoms with E-state index in [9.17, 15) is 4.79 Å². The standard InChI is InChI=1S/C13H11N3O3/c1-18-7-2-3-10-8(4-7)9(5-16-10)11-13(6-14,19-11)12(15)17/h2-5,11,16H,1H3,(H2,15,17). The number of epoxide rings is 1. The van der Waals surface area contributed by atoms with Crippen LogP contribution in [-0.2, 0) is 9.53 Å². The van der Waals surface area contributed by atoms with Gasteiger partial charge in [-0.1, -0.05) is 0 Å². The molecule has 2 atom stereocenters. The van der Waals surface area contributed by atoms with Crippen LogP contribution in [0.1, 0.15) is 11.7 Å². The maximum atomic E-state index is 11.3. The smallest absolute Gasteiger partial charge is 0.267 e. The third kappa shape index (κ3) is 1.49. The number of carbonyl (C=O) groups excluding carboxylic acids is 1. The zero-order valence-corrected chi connectivity index (χ0v) is 10.1. The molecule has 2 unspecified atom stereocenters. The number of amides is 1. The van der Waals surface area contributed by atoms with Gasteiger partial charge in [0.05, 0.1) is 7.11 Å². The van der Waals surface area contributed by atoms with Crippen molar-refractivity contribution >= 4 is 16.8 Å². The molecule has 0 saturated carbocycles. The number of fused-ring (bicyclic) bond motifs is 1. The molecule has 1 amide bonds. The molecule has 1 fully saturated rings. The second-order valence-electron chi connectivity index (χ2n) is 4.37. The van der Waals surface area contributed by atoms with Crippen molar-refractivity contribution in [2.24, 2.45) is 5.73 Å². The van der Waals surface area contributed by atoms with E-state index in [1.54, 1.807) is 13.3 Å². The number of methoxy groups -OCH3 is 1. The van der Waals surface area contributed by atoms with Gasteiger partial charge in [-0.15, -0.1) is 0 Å². The van der Waals surface area contributed by atoms with Crippen LogP contribution in [0.15, 0.2) is 24.4 Å². The van der Waals surface area contributed by atoms with Crippen LogP contribution in [0.4, 0.5) is 0 Å². The fourth-order valence-corrected chi connectivity index (χ4v) is 2.23. The minimum Gasteiger partial charge on any atom is -0.497 e. The van der Waals surface area contributed by atoms with Crippen LogP contribution in [0.2, 0.25) is 0 Å². The van der Waals surface area contributed by atoms with Gasteiger partial charge < -0.3 is 20.2 Å². The maximum Gasteiger partial charge on any atom is 0.267 e. The number of carbonyl (C=O) groups is 1. The van der Waals surface area contributed by atoms with Gasteiger partial charge in [-0.2, -0.15) is 5.26 Å². The predicted molar refractivity (Wildman–Crippen MR) is 66.2 cm³/mol. The van der Waals surface area contributed by atoms with E-state index in [1.165, 1.54) is 0 Å². The summed E-state index contributed by atoms with van der Waals surface area (Å²) in [4.78, 5) is 14.4. The summed E-state index contributed by atoms with van der Waals surface area (Å²) in [7, 11) is 1.57. The first-order valence-electron chi connectivity index (χ1n) is 5.66. The lowest BCUT2D eigenvalue weighted by atomic mass is 9.99. The fourth-order valence-electron chi connectivity index (χ4n) is 2.23. The molecule has 1 aliphatic rings. The molecule has 3 rings (SSSR count). The summed E-state index contributed by atoms with van der Waals surface area (Å²) in [5.74, 6) is -0.0760. The first-order valence-corrected chi connectivity index (χ1v) is 5.66. The number of benzene rings is 1. The van der Waals surface area contributed by atoms with E-state index in [2.05, 4.69) is 4.98 Å². The molecule has 0 spiro atoms. The SMILES string of the molecule is COc1ccc2[nH]cc(C3OC3(C#N)C(N)=O)c2c1. The van der Waals surface area contributed by atoms with Crippen LogP contribution in [0.3, 0.4) is 0 Å². The van der Waals surface area contributed by atoms with Crippen molar-refractivity contribution in [3.8, 4) is 11.8 Å². The summed E-state index contributed by atoms with van der Waals surface area (Å²) in [6.45, 7) is 0. The van der Waals surface area contributed by atoms with Crippen LogP contribution in [0.25, 0.3) is 10.9 Å². The van der Waals surface area contributed by atoms with Gasteiger partial charge in [0.25, 0.3) is 11.5 Å². The number of nitrogens with one attached hydrogen (secondary N) is 1. The number of hydrogen-bond donors (Lipinski definition) is 2. The molecular formula is C13H11N3O3. The van der Waals surface area contributed by atoms with E-state index in [0.29, 0.717) is 5.75 Å². The molecule has 1 saturated heterocycles. The molecule has 1 aromatic heterocycles. The molecule has 1 aromatic carbocycles. The Morgan fingerprint density at radius 3 is 3.00 bits per heavy atom. The Kier molecular flexibility index (Phi) is 2.27. The molecule has 19 heavy (non-hydrogen) atoms. The number of hydrogen-bond acceptors (Lipinski definition) is 4. The summed E-state index contributed by atoms with van der Waals surface area (Å²) in [5.41, 5.74) is 5.28. The van der Waals surface area contributed by atoms with E-state index >= 15 is 0 Å². The molecule has 2 heterocycles. The summed E-state index contributed by atoms with van der Waals surface area (Å²) < 4.78 is 10.4. The van der Waals surface area contributed by atoms with Gasteiger partial charge in [-0.25, -0.2) is 0 Å². The second kappa shape index (κ2) is 3.73. The Labute approximate surface area is 108 Å². The van der Waals surface area contributed by atoms with E-state index < -0.39 is 17.6 Å². The highest BCUT2D eigenvalue weighted by Crippen LogP contribution is 2.51. The molecule has 1 aliphatic heterocycles. The summed E-state index contributed by atoms with van der Waals surface area (Å²) in [6, 6.07) is 7.35. The van der Waals surface area contributed by atoms with Gasteiger partial charge >= 0.3 is 0 Å². The molecule has 0 bridgehead atoms. The number of H-pyrrole nitrogens is 1. The number of ether oxygens (including phenoxy) is 2. The van der Waals surface area contributed by atoms with Crippen molar-refractivity contribution in [2.75, 3.05) is 7.11 Å². The highest BCUT2D eigenvalue weighted by atomic mass is 16.6. The molecule has 0 aliphatic carbocycles. The number of aromatic amines is 1. The van der Waals surface area contributed by atoms with Crippen LogP contribution in [0.5, 0.6) is 5.75 Å². The number of nitrogens with zero attached hydrogens (tertiary/aromatic N) is 1. The van der Waals surface area contributed by atoms with E-state index in [0.717, 1.165) is 16.5 Å². The number of aromatic nitrogens is 1. The van der Waals surface area contributed by atoms with Crippen LogP contribution >= 0.6 is 0 Å². The van der Waals surface area contributed by atoms with Crippen molar-refractivity contribution in [1.82, 2.24) is 4.98 Å². The Morgan fingerprint density at radius 2 is 2.42 bits per heavy atom. The molecule has 0 radical (unpaired) electrons. The average Bonchev–Trinajstić information content (AvgIpc) is 3.03. The largest absolute Gasteiger partial charge is 0.497 e. The highest BCUT2D eigenvalue weighted by molar-refractivity contribution is 5.93. The van der Waals surface area contributed by atoms with Gasteiger partial charge in [0, 0.05) is 22.7 Å². The van der Waals surface area contributed by atoms with Gasteiger partial charge in [0.1, 0.15) is 17.9 Å². The first-order chi connectivity index (χ1) is 9.12. The first kappa shape index (κ1) is 11.6. The monoisotopic (exact) mass is 257 g/mol. The minimum atomic E-state index is -1.54. The number of primary amides is 1. The van der Waals surface area contributed by atoms with Gasteiger partial charge in [0.2, 0.25) is 0 Å². The van der Waals surface area contributed by atoms with Crippen molar-refractivity contribution in [3.05, 3.63) is 30.0 Å². The third-order valence-corrected chi connectivity index (χ3v) is 3.35. The Hall–Kier alpha value is -2.52. The molecule has 96 valence electrons. The maximum absolute atomic E-state index is 11.3. The molecule has 6 heteroatoms. The average molecular weight is 257 g/mol. The third-order valence-electron chi connectivity index (χ3n) is 3.35. The molecule has 3 N–H and O–H groups in total. The van der Waals surface area contributed by atoms with Crippen molar-refractivity contribution in [2.45, 2.75) is 11.7 Å². The minimum absolute atomic E-state index is 0.629. The fraction of sp³-hybridized carbons (Fsp3) is 0.231. The summed E-state index contributed by atoms with van der Waals surface area (Å²) >= 11 is 0. The molecule has 2 aromatic rings. The van der Waals surface area contributed by atoms with E-state index in [4.69, 9.17) is 20.5 Å². The molecular weight excluding hydrogens is 246 g/mol. The van der Waals surface area contributed by atoms with Crippen LogP contribution < -0.4 is 10.5 Å². The van der Waals surface area contributed by atoms with Gasteiger partial charge in [-0.3, -0.25) is 4.79 Å². The predicted octanol–water partition coefficient (Wildman–Crippen LogP) is 0.995. The molecule has 6 nitrogen and oxygen atoms in total. The lowest BCUT2D eigenvalue weighted by Crippen LogP contribution is -2.31. The van der Waals surface area contributed by atoms with Crippen LogP contribution in [0, 0.1) is 11.3 Å². The van der Waals surface area contributed by atoms with E-state index in [1.807, 2.05) is 24.3 Å². The lowest BCUT2D eigenvalue weighted by molar-refractivity contribution is -0.121. The summed E-state index contributed by atoms with van der Waals surface area (Å²) in [5, 5.41) is 9.91. The zero-order chi connectivity index (χ0) is 13.6. The number of nitriles is 1. The summed E-state index contributed by atoms with van der Waals surface area (Å²) in [6.07, 6.45) is 1.09. The van der Waals surface area contributed by atoms with Crippen molar-refractivity contribution in [1.29, 1.82) is 5.26 Å². The highest BCUT2D eigenvalue weighted by Gasteiger charge is 2.64. The zero-order valence-electron chi connectivity index (χ0n) is 10.1. The Balaban J connectivity index is 2.08. The number of nitrogens with two attached hydrogens (primary N) is 1. The van der Waals surface area contributed by atoms with Gasteiger partial charge in [0.15, 0.2) is 0 Å². The Morgan fingerprint density at radius 1 is 1.63 bits per heavy atom. The number of rotatable bonds is 3. The normalized spacial score (nSPS) is 24.9. The quantitative estimate of drug-likeness (QED) is 0.800. The van der Waals surface area contributed by atoms with E-state index in [-0.39, 0.29) is 0 Å².